The van der Waals surface area contributed by atoms with Gasteiger partial charge in [-0.3, -0.25) is 9.69 Å². The molecule has 0 spiro atoms. The lowest BCUT2D eigenvalue weighted by Gasteiger charge is -2.26. The van der Waals surface area contributed by atoms with E-state index in [1.54, 1.807) is 24.3 Å². The first-order chi connectivity index (χ1) is 13.3. The molecule has 0 aliphatic carbocycles. The number of rotatable bonds is 6. The molecule has 1 N–H and O–H groups in total. The predicted octanol–water partition coefficient (Wildman–Crippen LogP) is 2.41. The first-order valence-corrected chi connectivity index (χ1v) is 11.2. The fourth-order valence-electron chi connectivity index (χ4n) is 3.15. The number of carbonyl (C=O) groups is 1. The largest absolute Gasteiger partial charge is 0.379 e. The van der Waals surface area contributed by atoms with Crippen LogP contribution in [0.2, 0.25) is 0 Å². The second-order valence-electron chi connectivity index (χ2n) is 7.12. The number of carbonyl (C=O) groups excluding carboxylic acids is 1. The molecule has 1 heterocycles. The van der Waals surface area contributed by atoms with Crippen LogP contribution in [0.5, 0.6) is 0 Å². The molecule has 0 radical (unpaired) electrons. The van der Waals surface area contributed by atoms with E-state index >= 15 is 0 Å². The number of hydrogen-bond donors (Lipinski definition) is 1. The van der Waals surface area contributed by atoms with Gasteiger partial charge >= 0.3 is 0 Å². The molecular formula is C21H26N2O4S. The van der Waals surface area contributed by atoms with Crippen molar-refractivity contribution in [3.8, 4) is 0 Å². The number of nitrogens with one attached hydrogen (secondary N) is 1. The zero-order valence-electron chi connectivity index (χ0n) is 16.2. The molecule has 0 unspecified atom stereocenters. The van der Waals surface area contributed by atoms with E-state index in [2.05, 4.69) is 10.2 Å². The van der Waals surface area contributed by atoms with Gasteiger partial charge in [-0.25, -0.2) is 8.42 Å². The van der Waals surface area contributed by atoms with Crippen molar-refractivity contribution >= 4 is 15.7 Å². The molecule has 6 nitrogen and oxygen atoms in total. The molecule has 1 saturated heterocycles. The van der Waals surface area contributed by atoms with Crippen LogP contribution in [0, 0.1) is 0 Å². The number of hydrogen-bond acceptors (Lipinski definition) is 5. The van der Waals surface area contributed by atoms with Crippen molar-refractivity contribution in [3.63, 3.8) is 0 Å². The maximum atomic E-state index is 12.5. The third-order valence-electron chi connectivity index (χ3n) is 4.88. The van der Waals surface area contributed by atoms with Gasteiger partial charge in [0.15, 0.2) is 9.84 Å². The van der Waals surface area contributed by atoms with E-state index in [4.69, 9.17) is 4.74 Å². The van der Waals surface area contributed by atoms with Gasteiger partial charge in [0.1, 0.15) is 0 Å². The number of nitrogens with zero attached hydrogens (tertiary/aromatic N) is 1. The third kappa shape index (κ3) is 5.41. The quantitative estimate of drug-likeness (QED) is 0.803. The van der Waals surface area contributed by atoms with E-state index in [1.165, 1.54) is 11.8 Å². The number of benzene rings is 2. The van der Waals surface area contributed by atoms with Gasteiger partial charge in [0.25, 0.3) is 5.91 Å². The van der Waals surface area contributed by atoms with Crippen LogP contribution in [-0.2, 0) is 21.1 Å². The summed E-state index contributed by atoms with van der Waals surface area (Å²) in [5, 5.41) is 2.96. The summed E-state index contributed by atoms with van der Waals surface area (Å²) >= 11 is 0. The number of sulfone groups is 1. The second-order valence-corrected chi connectivity index (χ2v) is 9.14. The molecule has 2 aromatic rings. The average Bonchev–Trinajstić information content (AvgIpc) is 2.68. The Hall–Kier alpha value is -2.22. The van der Waals surface area contributed by atoms with Crippen LogP contribution in [-0.4, -0.2) is 51.8 Å². The van der Waals surface area contributed by atoms with Crippen LogP contribution in [0.25, 0.3) is 0 Å². The summed E-state index contributed by atoms with van der Waals surface area (Å²) in [4.78, 5) is 15.1. The molecular weight excluding hydrogens is 376 g/mol. The van der Waals surface area contributed by atoms with Crippen LogP contribution < -0.4 is 5.32 Å². The van der Waals surface area contributed by atoms with Crippen molar-refractivity contribution in [2.75, 3.05) is 32.6 Å². The van der Waals surface area contributed by atoms with Crippen LogP contribution >= 0.6 is 0 Å². The van der Waals surface area contributed by atoms with Gasteiger partial charge in [-0.1, -0.05) is 24.3 Å². The van der Waals surface area contributed by atoms with E-state index in [0.29, 0.717) is 5.56 Å². The van der Waals surface area contributed by atoms with Gasteiger partial charge < -0.3 is 10.1 Å². The topological polar surface area (TPSA) is 75.7 Å². The van der Waals surface area contributed by atoms with Crippen LogP contribution in [0.1, 0.15) is 34.5 Å². The highest BCUT2D eigenvalue weighted by Crippen LogP contribution is 2.17. The van der Waals surface area contributed by atoms with Gasteiger partial charge in [-0.15, -0.1) is 0 Å². The lowest BCUT2D eigenvalue weighted by atomic mass is 10.1. The minimum absolute atomic E-state index is 0.155. The average molecular weight is 403 g/mol. The van der Waals surface area contributed by atoms with Gasteiger partial charge in [0.05, 0.1) is 24.2 Å². The van der Waals surface area contributed by atoms with Crippen molar-refractivity contribution in [2.45, 2.75) is 24.4 Å². The molecule has 1 atom stereocenters. The summed E-state index contributed by atoms with van der Waals surface area (Å²) in [6.45, 7) is 6.12. The molecule has 1 aliphatic heterocycles. The van der Waals surface area contributed by atoms with Gasteiger partial charge in [0.2, 0.25) is 0 Å². The highest BCUT2D eigenvalue weighted by molar-refractivity contribution is 7.90. The highest BCUT2D eigenvalue weighted by atomic mass is 32.2. The summed E-state index contributed by atoms with van der Waals surface area (Å²) in [5.41, 5.74) is 2.62. The first kappa shape index (κ1) is 20.5. The van der Waals surface area contributed by atoms with Crippen molar-refractivity contribution in [3.05, 3.63) is 65.2 Å². The Morgan fingerprint density at radius 1 is 1.07 bits per heavy atom. The van der Waals surface area contributed by atoms with Crippen molar-refractivity contribution in [1.29, 1.82) is 0 Å². The number of morpholine rings is 1. The SMILES string of the molecule is C[C@@H](NC(=O)c1ccc(CN2CCOCC2)cc1)c1ccc(S(C)(=O)=O)cc1. The van der Waals surface area contributed by atoms with Crippen LogP contribution in [0.3, 0.4) is 0 Å². The third-order valence-corrected chi connectivity index (χ3v) is 6.01. The Kier molecular flexibility index (Phi) is 6.49. The molecule has 1 fully saturated rings. The van der Waals surface area contributed by atoms with E-state index in [-0.39, 0.29) is 16.8 Å². The Morgan fingerprint density at radius 2 is 1.68 bits per heavy atom. The summed E-state index contributed by atoms with van der Waals surface area (Å²) in [7, 11) is -3.22. The predicted molar refractivity (Wildman–Crippen MR) is 108 cm³/mol. The maximum Gasteiger partial charge on any atom is 0.251 e. The fourth-order valence-corrected chi connectivity index (χ4v) is 3.78. The molecule has 0 saturated carbocycles. The van der Waals surface area contributed by atoms with Crippen molar-refractivity contribution in [1.82, 2.24) is 10.2 Å². The molecule has 28 heavy (non-hydrogen) atoms. The summed E-state index contributed by atoms with van der Waals surface area (Å²) in [6.07, 6.45) is 1.18. The molecule has 0 bridgehead atoms. The summed E-state index contributed by atoms with van der Waals surface area (Å²) in [5.74, 6) is -0.155. The Bertz CT molecular complexity index is 902. The Balaban J connectivity index is 1.59. The van der Waals surface area contributed by atoms with Crippen LogP contribution in [0.15, 0.2) is 53.4 Å². The molecule has 1 amide bonds. The standard InChI is InChI=1S/C21H26N2O4S/c1-16(18-7-9-20(10-8-18)28(2,25)26)22-21(24)19-5-3-17(4-6-19)15-23-11-13-27-14-12-23/h3-10,16H,11-15H2,1-2H3,(H,22,24)/t16-/m1/s1. The smallest absolute Gasteiger partial charge is 0.251 e. The van der Waals surface area contributed by atoms with E-state index in [9.17, 15) is 13.2 Å². The Morgan fingerprint density at radius 3 is 2.25 bits per heavy atom. The highest BCUT2D eigenvalue weighted by Gasteiger charge is 2.14. The van der Waals surface area contributed by atoms with Gasteiger partial charge in [-0.2, -0.15) is 0 Å². The maximum absolute atomic E-state index is 12.5. The minimum atomic E-state index is -3.22. The van der Waals surface area contributed by atoms with Crippen molar-refractivity contribution < 1.29 is 17.9 Å². The molecule has 7 heteroatoms. The summed E-state index contributed by atoms with van der Waals surface area (Å²) in [6, 6.07) is 14.0. The lowest BCUT2D eigenvalue weighted by molar-refractivity contribution is 0.0342. The monoisotopic (exact) mass is 402 g/mol. The summed E-state index contributed by atoms with van der Waals surface area (Å²) < 4.78 is 28.5. The fraction of sp³-hybridized carbons (Fsp3) is 0.381. The molecule has 150 valence electrons. The molecule has 0 aromatic heterocycles. The molecule has 3 rings (SSSR count). The minimum Gasteiger partial charge on any atom is -0.379 e. The van der Waals surface area contributed by atoms with E-state index < -0.39 is 9.84 Å². The van der Waals surface area contributed by atoms with Crippen LogP contribution in [0.4, 0.5) is 0 Å². The number of ether oxygens (including phenoxy) is 1. The van der Waals surface area contributed by atoms with Gasteiger partial charge in [-0.05, 0) is 42.3 Å². The first-order valence-electron chi connectivity index (χ1n) is 9.33. The molecule has 1 aliphatic rings. The zero-order chi connectivity index (χ0) is 20.1. The second kappa shape index (κ2) is 8.86. The van der Waals surface area contributed by atoms with E-state index in [0.717, 1.165) is 38.4 Å². The van der Waals surface area contributed by atoms with E-state index in [1.807, 2.05) is 31.2 Å². The normalized spacial score (nSPS) is 16.5. The Labute approximate surface area is 166 Å². The van der Waals surface area contributed by atoms with Crippen molar-refractivity contribution in [2.24, 2.45) is 0 Å². The van der Waals surface area contributed by atoms with Gasteiger partial charge in [0, 0.05) is 31.5 Å². The number of amides is 1. The lowest BCUT2D eigenvalue weighted by Crippen LogP contribution is -2.35. The zero-order valence-corrected chi connectivity index (χ0v) is 17.0. The molecule has 2 aromatic carbocycles.